The van der Waals surface area contributed by atoms with Crippen molar-refractivity contribution in [2.24, 2.45) is 0 Å². The largest absolute Gasteiger partial charge is 0.508 e. The lowest BCUT2D eigenvalue weighted by molar-refractivity contribution is 0.474. The summed E-state index contributed by atoms with van der Waals surface area (Å²) in [6, 6.07) is 16.0. The van der Waals surface area contributed by atoms with E-state index in [0.717, 1.165) is 15.7 Å². The van der Waals surface area contributed by atoms with Crippen LogP contribution in [0.5, 0.6) is 5.75 Å². The molecule has 2 rings (SSSR count). The molecular formula is C14H11BrN2O. The normalized spacial score (nSPS) is 11.6. The molecular weight excluding hydrogens is 292 g/mol. The van der Waals surface area contributed by atoms with E-state index in [9.17, 15) is 10.4 Å². The summed E-state index contributed by atoms with van der Waals surface area (Å²) in [5.74, 6) is 0.158. The van der Waals surface area contributed by atoms with Gasteiger partial charge in [-0.2, -0.15) is 5.26 Å². The van der Waals surface area contributed by atoms with Gasteiger partial charge in [0, 0.05) is 10.2 Å². The highest BCUT2D eigenvalue weighted by molar-refractivity contribution is 9.10. The predicted octanol–water partition coefficient (Wildman–Crippen LogP) is 3.83. The van der Waals surface area contributed by atoms with Gasteiger partial charge in [0.2, 0.25) is 0 Å². The van der Waals surface area contributed by atoms with E-state index in [4.69, 9.17) is 0 Å². The van der Waals surface area contributed by atoms with Crippen molar-refractivity contribution in [3.8, 4) is 11.8 Å². The van der Waals surface area contributed by atoms with Crippen molar-refractivity contribution in [1.82, 2.24) is 0 Å². The fourth-order valence-electron chi connectivity index (χ4n) is 1.61. The predicted molar refractivity (Wildman–Crippen MR) is 74.2 cm³/mol. The van der Waals surface area contributed by atoms with Crippen molar-refractivity contribution < 1.29 is 5.11 Å². The summed E-state index contributed by atoms with van der Waals surface area (Å²) in [5.41, 5.74) is 1.59. The van der Waals surface area contributed by atoms with Crippen molar-refractivity contribution in [3.63, 3.8) is 0 Å². The summed E-state index contributed by atoms with van der Waals surface area (Å²) < 4.78 is 0.985. The Morgan fingerprint density at radius 1 is 1.17 bits per heavy atom. The number of nitrogens with zero attached hydrogens (tertiary/aromatic N) is 1. The third-order valence-corrected chi connectivity index (χ3v) is 3.02. The van der Waals surface area contributed by atoms with Gasteiger partial charge in [0.1, 0.15) is 11.8 Å². The van der Waals surface area contributed by atoms with Gasteiger partial charge in [0.25, 0.3) is 0 Å². The second-order valence-corrected chi connectivity index (χ2v) is 4.72. The number of nitriles is 1. The first-order valence-corrected chi connectivity index (χ1v) is 6.19. The lowest BCUT2D eigenvalue weighted by Crippen LogP contribution is -2.08. The number of hydrogen-bond donors (Lipinski definition) is 2. The first-order valence-electron chi connectivity index (χ1n) is 5.39. The van der Waals surface area contributed by atoms with Crippen LogP contribution in [0.15, 0.2) is 53.0 Å². The van der Waals surface area contributed by atoms with Crippen LogP contribution in [0.3, 0.4) is 0 Å². The second-order valence-electron chi connectivity index (χ2n) is 3.81. The number of aromatic hydroxyl groups is 1. The van der Waals surface area contributed by atoms with E-state index in [1.807, 2.05) is 24.3 Å². The molecule has 0 aliphatic carbocycles. The zero-order chi connectivity index (χ0) is 13.0. The second kappa shape index (κ2) is 5.56. The third kappa shape index (κ3) is 3.02. The lowest BCUT2D eigenvalue weighted by atomic mass is 10.1. The summed E-state index contributed by atoms with van der Waals surface area (Å²) >= 11 is 3.36. The minimum absolute atomic E-state index is 0.158. The molecule has 18 heavy (non-hydrogen) atoms. The molecule has 1 unspecified atom stereocenters. The SMILES string of the molecule is N#CC(Nc1ccc(Br)cc1)c1cccc(O)c1. The molecule has 0 saturated heterocycles. The summed E-state index contributed by atoms with van der Waals surface area (Å²) in [6.45, 7) is 0. The molecule has 0 spiro atoms. The van der Waals surface area contributed by atoms with Gasteiger partial charge >= 0.3 is 0 Å². The van der Waals surface area contributed by atoms with Crippen molar-refractivity contribution >= 4 is 21.6 Å². The number of phenols is 1. The number of halogens is 1. The Morgan fingerprint density at radius 3 is 2.50 bits per heavy atom. The molecule has 0 saturated carbocycles. The van der Waals surface area contributed by atoms with E-state index >= 15 is 0 Å². The van der Waals surface area contributed by atoms with Gasteiger partial charge in [0.05, 0.1) is 6.07 Å². The summed E-state index contributed by atoms with van der Waals surface area (Å²) in [5, 5.41) is 21.7. The van der Waals surface area contributed by atoms with Crippen LogP contribution in [0.4, 0.5) is 5.69 Å². The highest BCUT2D eigenvalue weighted by Gasteiger charge is 2.10. The zero-order valence-corrected chi connectivity index (χ0v) is 11.1. The first kappa shape index (κ1) is 12.5. The van der Waals surface area contributed by atoms with E-state index in [-0.39, 0.29) is 5.75 Å². The molecule has 0 aromatic heterocycles. The number of phenolic OH excluding ortho intramolecular Hbond substituents is 1. The van der Waals surface area contributed by atoms with E-state index in [2.05, 4.69) is 27.3 Å². The lowest BCUT2D eigenvalue weighted by Gasteiger charge is -2.13. The fraction of sp³-hybridized carbons (Fsp3) is 0.0714. The Morgan fingerprint density at radius 2 is 1.89 bits per heavy atom. The van der Waals surface area contributed by atoms with Gasteiger partial charge in [0.15, 0.2) is 0 Å². The molecule has 0 bridgehead atoms. The Kier molecular flexibility index (Phi) is 3.85. The molecule has 1 atom stereocenters. The van der Waals surface area contributed by atoms with Gasteiger partial charge in [-0.15, -0.1) is 0 Å². The molecule has 0 heterocycles. The Balaban J connectivity index is 2.20. The first-order chi connectivity index (χ1) is 8.69. The topological polar surface area (TPSA) is 56.0 Å². The average molecular weight is 303 g/mol. The van der Waals surface area contributed by atoms with Gasteiger partial charge in [-0.1, -0.05) is 28.1 Å². The van der Waals surface area contributed by atoms with E-state index in [1.54, 1.807) is 24.3 Å². The highest BCUT2D eigenvalue weighted by Crippen LogP contribution is 2.23. The van der Waals surface area contributed by atoms with Crippen LogP contribution in [0, 0.1) is 11.3 Å². The molecule has 2 aromatic carbocycles. The minimum atomic E-state index is -0.488. The van der Waals surface area contributed by atoms with E-state index in [0.29, 0.717) is 0 Å². The monoisotopic (exact) mass is 302 g/mol. The van der Waals surface area contributed by atoms with Crippen LogP contribution >= 0.6 is 15.9 Å². The molecule has 2 aromatic rings. The van der Waals surface area contributed by atoms with E-state index in [1.165, 1.54) is 0 Å². The van der Waals surface area contributed by atoms with Crippen molar-refractivity contribution in [2.75, 3.05) is 5.32 Å². The van der Waals surface area contributed by atoms with Crippen LogP contribution in [0.1, 0.15) is 11.6 Å². The number of anilines is 1. The van der Waals surface area contributed by atoms with Crippen LogP contribution in [-0.4, -0.2) is 5.11 Å². The Bertz CT molecular complexity index is 575. The van der Waals surface area contributed by atoms with Crippen molar-refractivity contribution in [2.45, 2.75) is 6.04 Å². The fourth-order valence-corrected chi connectivity index (χ4v) is 1.87. The molecule has 0 radical (unpaired) electrons. The zero-order valence-electron chi connectivity index (χ0n) is 9.47. The average Bonchev–Trinajstić information content (AvgIpc) is 2.38. The van der Waals surface area contributed by atoms with Crippen LogP contribution < -0.4 is 5.32 Å². The molecule has 3 nitrogen and oxygen atoms in total. The summed E-state index contributed by atoms with van der Waals surface area (Å²) in [4.78, 5) is 0. The van der Waals surface area contributed by atoms with Crippen LogP contribution in [0.25, 0.3) is 0 Å². The maximum Gasteiger partial charge on any atom is 0.140 e. The van der Waals surface area contributed by atoms with Crippen molar-refractivity contribution in [1.29, 1.82) is 5.26 Å². The highest BCUT2D eigenvalue weighted by atomic mass is 79.9. The number of hydrogen-bond acceptors (Lipinski definition) is 3. The Labute approximate surface area is 114 Å². The van der Waals surface area contributed by atoms with Crippen molar-refractivity contribution in [3.05, 3.63) is 58.6 Å². The summed E-state index contributed by atoms with van der Waals surface area (Å²) in [6.07, 6.45) is 0. The molecule has 0 aliphatic heterocycles. The number of rotatable bonds is 3. The quantitative estimate of drug-likeness (QED) is 0.906. The molecule has 90 valence electrons. The minimum Gasteiger partial charge on any atom is -0.508 e. The molecule has 0 amide bonds. The van der Waals surface area contributed by atoms with Crippen LogP contribution in [-0.2, 0) is 0 Å². The van der Waals surface area contributed by atoms with E-state index < -0.39 is 6.04 Å². The van der Waals surface area contributed by atoms with Gasteiger partial charge in [-0.05, 0) is 42.0 Å². The maximum absolute atomic E-state index is 9.42. The third-order valence-electron chi connectivity index (χ3n) is 2.49. The maximum atomic E-state index is 9.42. The molecule has 4 heteroatoms. The summed E-state index contributed by atoms with van der Waals surface area (Å²) in [7, 11) is 0. The molecule has 0 fully saturated rings. The number of nitrogens with one attached hydrogen (secondary N) is 1. The van der Waals surface area contributed by atoms with Gasteiger partial charge in [-0.3, -0.25) is 0 Å². The van der Waals surface area contributed by atoms with Gasteiger partial charge in [-0.25, -0.2) is 0 Å². The van der Waals surface area contributed by atoms with Gasteiger partial charge < -0.3 is 10.4 Å². The smallest absolute Gasteiger partial charge is 0.140 e. The standard InChI is InChI=1S/C14H11BrN2O/c15-11-4-6-12(7-5-11)17-14(9-16)10-2-1-3-13(18)8-10/h1-8,14,17-18H. The number of benzene rings is 2. The van der Waals surface area contributed by atoms with Crippen LogP contribution in [0.2, 0.25) is 0 Å². The molecule has 0 aliphatic rings. The Hall–Kier alpha value is -1.99. The molecule has 2 N–H and O–H groups in total.